The summed E-state index contributed by atoms with van der Waals surface area (Å²) in [6.07, 6.45) is 1.53. The van der Waals surface area contributed by atoms with E-state index in [4.69, 9.17) is 4.74 Å². The van der Waals surface area contributed by atoms with Gasteiger partial charge in [-0.25, -0.2) is 9.40 Å². The molecule has 29 heavy (non-hydrogen) atoms. The van der Waals surface area contributed by atoms with Gasteiger partial charge in [-0.2, -0.15) is 0 Å². The largest absolute Gasteiger partial charge is 0.489 e. The van der Waals surface area contributed by atoms with Gasteiger partial charge in [0.2, 0.25) is 0 Å². The smallest absolute Gasteiger partial charge is 0.282 e. The van der Waals surface area contributed by atoms with Crippen LogP contribution in [0.1, 0.15) is 11.1 Å². The molecule has 0 atom stereocenters. The van der Waals surface area contributed by atoms with E-state index in [1.54, 1.807) is 60.7 Å². The first-order chi connectivity index (χ1) is 14.1. The molecule has 0 radical (unpaired) electrons. The van der Waals surface area contributed by atoms with Crippen molar-refractivity contribution < 1.29 is 18.7 Å². The molecule has 1 aliphatic rings. The second-order valence-electron chi connectivity index (χ2n) is 6.46. The number of para-hydroxylation sites is 1. The maximum absolute atomic E-state index is 13.0. The van der Waals surface area contributed by atoms with Gasteiger partial charge in [-0.15, -0.1) is 0 Å². The summed E-state index contributed by atoms with van der Waals surface area (Å²) in [6, 6.07) is 22.0. The van der Waals surface area contributed by atoms with Gasteiger partial charge >= 0.3 is 0 Å². The SMILES string of the molecule is O=C1NN(c2ccccc2)C(=O)C1=Cc1cccc(OCc2ccc(F)cc2)c1. The number of carbonyl (C=O) groups excluding carboxylic acids is 2. The summed E-state index contributed by atoms with van der Waals surface area (Å²) in [4.78, 5) is 24.9. The van der Waals surface area contributed by atoms with Gasteiger partial charge in [-0.1, -0.05) is 42.5 Å². The van der Waals surface area contributed by atoms with Crippen molar-refractivity contribution in [2.45, 2.75) is 6.61 Å². The Hall–Kier alpha value is -3.93. The maximum Gasteiger partial charge on any atom is 0.282 e. The zero-order chi connectivity index (χ0) is 20.2. The molecule has 0 unspecified atom stereocenters. The lowest BCUT2D eigenvalue weighted by molar-refractivity contribution is -0.117. The van der Waals surface area contributed by atoms with Crippen molar-refractivity contribution in [1.29, 1.82) is 0 Å². The number of hydrogen-bond donors (Lipinski definition) is 1. The average Bonchev–Trinajstić information content (AvgIpc) is 3.03. The van der Waals surface area contributed by atoms with Crippen molar-refractivity contribution in [2.75, 3.05) is 5.01 Å². The summed E-state index contributed by atoms with van der Waals surface area (Å²) in [7, 11) is 0. The second kappa shape index (κ2) is 7.98. The van der Waals surface area contributed by atoms with Crippen LogP contribution in [0, 0.1) is 5.82 Å². The zero-order valence-electron chi connectivity index (χ0n) is 15.3. The molecule has 0 spiro atoms. The predicted octanol–water partition coefficient (Wildman–Crippen LogP) is 3.87. The van der Waals surface area contributed by atoms with E-state index in [1.807, 2.05) is 6.07 Å². The fourth-order valence-electron chi connectivity index (χ4n) is 2.92. The molecular weight excluding hydrogens is 371 g/mol. The maximum atomic E-state index is 13.0. The Morgan fingerprint density at radius 1 is 0.931 bits per heavy atom. The molecule has 4 rings (SSSR count). The molecule has 5 nitrogen and oxygen atoms in total. The number of carbonyl (C=O) groups is 2. The van der Waals surface area contributed by atoms with Crippen LogP contribution in [0.15, 0.2) is 84.4 Å². The minimum Gasteiger partial charge on any atom is -0.489 e. The molecular formula is C23H17FN2O3. The first-order valence-electron chi connectivity index (χ1n) is 9.00. The highest BCUT2D eigenvalue weighted by Crippen LogP contribution is 2.23. The molecule has 0 saturated carbocycles. The highest BCUT2D eigenvalue weighted by Gasteiger charge is 2.34. The van der Waals surface area contributed by atoms with Crippen molar-refractivity contribution >= 4 is 23.6 Å². The Bertz CT molecular complexity index is 1080. The molecule has 6 heteroatoms. The molecule has 1 saturated heterocycles. The molecule has 1 aliphatic heterocycles. The molecule has 1 N–H and O–H groups in total. The number of amides is 2. The van der Waals surface area contributed by atoms with E-state index in [1.165, 1.54) is 23.2 Å². The molecule has 2 amide bonds. The Morgan fingerprint density at radius 3 is 2.45 bits per heavy atom. The molecule has 0 aliphatic carbocycles. The predicted molar refractivity (Wildman–Crippen MR) is 107 cm³/mol. The third kappa shape index (κ3) is 4.16. The second-order valence-corrected chi connectivity index (χ2v) is 6.46. The number of ether oxygens (including phenoxy) is 1. The number of nitrogens with one attached hydrogen (secondary N) is 1. The number of hydrogen-bond acceptors (Lipinski definition) is 3. The topological polar surface area (TPSA) is 58.6 Å². The monoisotopic (exact) mass is 388 g/mol. The van der Waals surface area contributed by atoms with Crippen LogP contribution in [-0.2, 0) is 16.2 Å². The Balaban J connectivity index is 1.50. The lowest BCUT2D eigenvalue weighted by atomic mass is 10.1. The molecule has 3 aromatic rings. The lowest BCUT2D eigenvalue weighted by Crippen LogP contribution is -2.35. The van der Waals surface area contributed by atoms with Crippen molar-refractivity contribution in [3.63, 3.8) is 0 Å². The highest BCUT2D eigenvalue weighted by molar-refractivity contribution is 6.31. The van der Waals surface area contributed by atoms with Crippen molar-refractivity contribution in [3.8, 4) is 5.75 Å². The first-order valence-corrected chi connectivity index (χ1v) is 9.00. The normalized spacial score (nSPS) is 14.9. The van der Waals surface area contributed by atoms with E-state index in [2.05, 4.69) is 5.43 Å². The molecule has 144 valence electrons. The summed E-state index contributed by atoms with van der Waals surface area (Å²) in [5.41, 5.74) is 4.70. The van der Waals surface area contributed by atoms with Gasteiger partial charge in [0.05, 0.1) is 5.69 Å². The van der Waals surface area contributed by atoms with Crippen LogP contribution >= 0.6 is 0 Å². The van der Waals surface area contributed by atoms with Crippen LogP contribution in [0.25, 0.3) is 6.08 Å². The molecule has 1 fully saturated rings. The van der Waals surface area contributed by atoms with Crippen molar-refractivity contribution in [1.82, 2.24) is 5.43 Å². The number of nitrogens with zero attached hydrogens (tertiary/aromatic N) is 1. The molecule has 0 aromatic heterocycles. The van der Waals surface area contributed by atoms with E-state index in [0.717, 1.165) is 5.56 Å². The fraction of sp³-hybridized carbons (Fsp3) is 0.0435. The Labute approximate surface area is 167 Å². The van der Waals surface area contributed by atoms with Crippen molar-refractivity contribution in [3.05, 3.63) is 101 Å². The number of benzene rings is 3. The first kappa shape index (κ1) is 18.4. The number of anilines is 1. The summed E-state index contributed by atoms with van der Waals surface area (Å²) < 4.78 is 18.7. The highest BCUT2D eigenvalue weighted by atomic mass is 19.1. The van der Waals surface area contributed by atoms with Crippen LogP contribution in [0.3, 0.4) is 0 Å². The van der Waals surface area contributed by atoms with E-state index in [-0.39, 0.29) is 18.0 Å². The van der Waals surface area contributed by atoms with Crippen LogP contribution in [0.5, 0.6) is 5.75 Å². The minimum absolute atomic E-state index is 0.0459. The van der Waals surface area contributed by atoms with Gasteiger partial charge in [0.1, 0.15) is 23.7 Å². The number of halogens is 1. The zero-order valence-corrected chi connectivity index (χ0v) is 15.3. The molecule has 3 aromatic carbocycles. The summed E-state index contributed by atoms with van der Waals surface area (Å²) in [6.45, 7) is 0.279. The average molecular weight is 388 g/mol. The van der Waals surface area contributed by atoms with Crippen LogP contribution in [0.2, 0.25) is 0 Å². The number of hydrazine groups is 1. The van der Waals surface area contributed by atoms with E-state index in [0.29, 0.717) is 17.0 Å². The summed E-state index contributed by atoms with van der Waals surface area (Å²) in [5.74, 6) is -0.601. The van der Waals surface area contributed by atoms with E-state index >= 15 is 0 Å². The van der Waals surface area contributed by atoms with Gasteiger partial charge in [0, 0.05) is 0 Å². The van der Waals surface area contributed by atoms with Gasteiger partial charge < -0.3 is 4.74 Å². The van der Waals surface area contributed by atoms with Gasteiger partial charge in [0.15, 0.2) is 0 Å². The molecule has 0 bridgehead atoms. The quantitative estimate of drug-likeness (QED) is 0.533. The van der Waals surface area contributed by atoms with Crippen LogP contribution < -0.4 is 15.2 Å². The minimum atomic E-state index is -0.462. The van der Waals surface area contributed by atoms with Gasteiger partial charge in [-0.05, 0) is 53.6 Å². The number of rotatable bonds is 5. The van der Waals surface area contributed by atoms with Crippen molar-refractivity contribution in [2.24, 2.45) is 0 Å². The summed E-state index contributed by atoms with van der Waals surface area (Å²) >= 11 is 0. The van der Waals surface area contributed by atoms with Gasteiger partial charge in [0.25, 0.3) is 11.8 Å². The van der Waals surface area contributed by atoms with Crippen LogP contribution in [0.4, 0.5) is 10.1 Å². The Kier molecular flexibility index (Phi) is 5.07. The standard InChI is InChI=1S/C23H17FN2O3/c24-18-11-9-16(10-12-18)15-29-20-8-4-5-17(13-20)14-21-22(27)25-26(23(21)28)19-6-2-1-3-7-19/h1-14H,15H2,(H,25,27). The van der Waals surface area contributed by atoms with Crippen LogP contribution in [-0.4, -0.2) is 11.8 Å². The third-order valence-corrected chi connectivity index (χ3v) is 4.39. The molecule has 1 heterocycles. The fourth-order valence-corrected chi connectivity index (χ4v) is 2.92. The van der Waals surface area contributed by atoms with E-state index < -0.39 is 11.8 Å². The lowest BCUT2D eigenvalue weighted by Gasteiger charge is -2.13. The van der Waals surface area contributed by atoms with Gasteiger partial charge in [-0.3, -0.25) is 15.0 Å². The third-order valence-electron chi connectivity index (χ3n) is 4.39. The summed E-state index contributed by atoms with van der Waals surface area (Å²) in [5, 5.41) is 1.23. The van der Waals surface area contributed by atoms with E-state index in [9.17, 15) is 14.0 Å². The Morgan fingerprint density at radius 2 is 1.69 bits per heavy atom.